The molecule has 0 bridgehead atoms. The lowest BCUT2D eigenvalue weighted by Gasteiger charge is -2.15. The lowest BCUT2D eigenvalue weighted by Crippen LogP contribution is -2.16. The first-order chi connectivity index (χ1) is 9.16. The van der Waals surface area contributed by atoms with Crippen molar-refractivity contribution in [2.45, 2.75) is 32.9 Å². The highest BCUT2D eigenvalue weighted by molar-refractivity contribution is 5.72. The zero-order chi connectivity index (χ0) is 15.5. The van der Waals surface area contributed by atoms with Crippen molar-refractivity contribution in [1.29, 1.82) is 0 Å². The molecular weight excluding hydrogens is 285 g/mol. The average Bonchev–Trinajstić information content (AvgIpc) is 2.30. The van der Waals surface area contributed by atoms with Crippen molar-refractivity contribution < 1.29 is 31.5 Å². The van der Waals surface area contributed by atoms with Crippen LogP contribution >= 0.6 is 0 Å². The Hall–Kier alpha value is -1.73. The number of carbonyl (C=O) groups excluding carboxylic acids is 1. The molecule has 20 heavy (non-hydrogen) atoms. The minimum absolute atomic E-state index is 0.00905. The zero-order valence-corrected chi connectivity index (χ0v) is 10.7. The fraction of sp³-hybridized carbons (Fsp3) is 0.500. The SMILES string of the molecule is CCOC(=O)Cc1nc(C(F)F)c(C(F)(F)F)cc1C. The Kier molecular flexibility index (Phi) is 5.02. The van der Waals surface area contributed by atoms with E-state index in [1.165, 1.54) is 6.92 Å². The van der Waals surface area contributed by atoms with Crippen molar-refractivity contribution in [2.75, 3.05) is 6.61 Å². The molecule has 0 atom stereocenters. The van der Waals surface area contributed by atoms with E-state index in [0.717, 1.165) is 0 Å². The van der Waals surface area contributed by atoms with Crippen molar-refractivity contribution in [2.24, 2.45) is 0 Å². The Morgan fingerprint density at radius 3 is 2.45 bits per heavy atom. The summed E-state index contributed by atoms with van der Waals surface area (Å²) in [5, 5.41) is 0. The molecule has 8 heteroatoms. The fourth-order valence-electron chi connectivity index (χ4n) is 1.59. The highest BCUT2D eigenvalue weighted by Gasteiger charge is 2.37. The van der Waals surface area contributed by atoms with Crippen LogP contribution in [0, 0.1) is 6.92 Å². The molecule has 0 radical (unpaired) electrons. The van der Waals surface area contributed by atoms with E-state index in [-0.39, 0.29) is 17.9 Å². The highest BCUT2D eigenvalue weighted by atomic mass is 19.4. The second-order valence-corrected chi connectivity index (χ2v) is 3.97. The molecule has 1 rings (SSSR count). The van der Waals surface area contributed by atoms with E-state index >= 15 is 0 Å². The first-order valence-electron chi connectivity index (χ1n) is 5.68. The summed E-state index contributed by atoms with van der Waals surface area (Å²) in [4.78, 5) is 14.5. The van der Waals surface area contributed by atoms with Crippen LogP contribution in [0.25, 0.3) is 0 Å². The highest BCUT2D eigenvalue weighted by Crippen LogP contribution is 2.36. The molecule has 112 valence electrons. The number of ether oxygens (including phenoxy) is 1. The van der Waals surface area contributed by atoms with E-state index in [2.05, 4.69) is 9.72 Å². The van der Waals surface area contributed by atoms with E-state index in [0.29, 0.717) is 6.07 Å². The fourth-order valence-corrected chi connectivity index (χ4v) is 1.59. The third-order valence-corrected chi connectivity index (χ3v) is 2.48. The van der Waals surface area contributed by atoms with Gasteiger partial charge in [-0.25, -0.2) is 8.78 Å². The molecule has 0 spiro atoms. The average molecular weight is 297 g/mol. The van der Waals surface area contributed by atoms with Gasteiger partial charge in [0.05, 0.1) is 24.3 Å². The second-order valence-electron chi connectivity index (χ2n) is 3.97. The Morgan fingerprint density at radius 2 is 2.00 bits per heavy atom. The van der Waals surface area contributed by atoms with Crippen LogP contribution in [0.4, 0.5) is 22.0 Å². The molecule has 1 aromatic rings. The minimum Gasteiger partial charge on any atom is -0.466 e. The predicted molar refractivity (Wildman–Crippen MR) is 59.3 cm³/mol. The zero-order valence-electron chi connectivity index (χ0n) is 10.7. The van der Waals surface area contributed by atoms with E-state index < -0.39 is 36.2 Å². The van der Waals surface area contributed by atoms with E-state index in [1.54, 1.807) is 6.92 Å². The summed E-state index contributed by atoms with van der Waals surface area (Å²) in [6.45, 7) is 2.90. The molecule has 1 aromatic heterocycles. The van der Waals surface area contributed by atoms with Gasteiger partial charge in [-0.3, -0.25) is 9.78 Å². The molecule has 0 saturated heterocycles. The Balaban J connectivity index is 3.24. The third-order valence-electron chi connectivity index (χ3n) is 2.48. The molecule has 0 aliphatic rings. The summed E-state index contributed by atoms with van der Waals surface area (Å²) >= 11 is 0. The molecule has 0 N–H and O–H groups in total. The van der Waals surface area contributed by atoms with E-state index in [1.807, 2.05) is 0 Å². The molecule has 0 aliphatic heterocycles. The smallest absolute Gasteiger partial charge is 0.418 e. The summed E-state index contributed by atoms with van der Waals surface area (Å²) in [5.41, 5.74) is -3.00. The summed E-state index contributed by atoms with van der Waals surface area (Å²) in [7, 11) is 0. The Labute approximate surface area is 111 Å². The normalized spacial score (nSPS) is 11.8. The van der Waals surface area contributed by atoms with Gasteiger partial charge in [-0.15, -0.1) is 0 Å². The van der Waals surface area contributed by atoms with Gasteiger partial charge >= 0.3 is 12.1 Å². The Bertz CT molecular complexity index is 499. The Morgan fingerprint density at radius 1 is 1.40 bits per heavy atom. The third kappa shape index (κ3) is 3.88. The summed E-state index contributed by atoms with van der Waals surface area (Å²) < 4.78 is 67.9. The van der Waals surface area contributed by atoms with Crippen molar-refractivity contribution in [1.82, 2.24) is 4.98 Å². The van der Waals surface area contributed by atoms with Crippen LogP contribution in [-0.4, -0.2) is 17.6 Å². The number of nitrogens with zero attached hydrogens (tertiary/aromatic N) is 1. The molecule has 0 aromatic carbocycles. The summed E-state index contributed by atoms with van der Waals surface area (Å²) in [6, 6.07) is 0.572. The van der Waals surface area contributed by atoms with Crippen LogP contribution < -0.4 is 0 Å². The second kappa shape index (κ2) is 6.15. The van der Waals surface area contributed by atoms with Gasteiger partial charge in [0.15, 0.2) is 0 Å². The molecule has 0 unspecified atom stereocenters. The minimum atomic E-state index is -4.92. The molecule has 1 heterocycles. The number of aryl methyl sites for hydroxylation is 1. The lowest BCUT2D eigenvalue weighted by atomic mass is 10.1. The number of carbonyl (C=O) groups is 1. The standard InChI is InChI=1S/C12H12F5NO2/c1-3-20-9(19)5-8-6(2)4-7(12(15,16)17)10(18-8)11(13)14/h4,11H,3,5H2,1-2H3. The molecule has 0 fully saturated rings. The first-order valence-corrected chi connectivity index (χ1v) is 5.68. The number of esters is 1. The maximum Gasteiger partial charge on any atom is 0.418 e. The lowest BCUT2D eigenvalue weighted by molar-refractivity contribution is -0.142. The van der Waals surface area contributed by atoms with E-state index in [9.17, 15) is 26.7 Å². The van der Waals surface area contributed by atoms with Crippen molar-refractivity contribution >= 4 is 5.97 Å². The van der Waals surface area contributed by atoms with E-state index in [4.69, 9.17) is 0 Å². The van der Waals surface area contributed by atoms with Gasteiger partial charge in [-0.05, 0) is 25.5 Å². The molecule has 0 saturated carbocycles. The van der Waals surface area contributed by atoms with Crippen molar-refractivity contribution in [3.63, 3.8) is 0 Å². The molecule has 0 amide bonds. The maximum absolute atomic E-state index is 12.7. The van der Waals surface area contributed by atoms with Crippen LogP contribution in [0.2, 0.25) is 0 Å². The number of pyridine rings is 1. The largest absolute Gasteiger partial charge is 0.466 e. The van der Waals surface area contributed by atoms with Gasteiger partial charge in [0.2, 0.25) is 0 Å². The van der Waals surface area contributed by atoms with Crippen molar-refractivity contribution in [3.05, 3.63) is 28.6 Å². The number of alkyl halides is 5. The number of aromatic nitrogens is 1. The van der Waals surface area contributed by atoms with Gasteiger partial charge in [0.25, 0.3) is 6.43 Å². The van der Waals surface area contributed by atoms with Crippen LogP contribution in [0.1, 0.15) is 35.9 Å². The number of hydrogen-bond acceptors (Lipinski definition) is 3. The molecular formula is C12H12F5NO2. The van der Waals surface area contributed by atoms with Gasteiger partial charge in [0, 0.05) is 0 Å². The van der Waals surface area contributed by atoms with Gasteiger partial charge in [-0.1, -0.05) is 0 Å². The van der Waals surface area contributed by atoms with Gasteiger partial charge in [-0.2, -0.15) is 13.2 Å². The van der Waals surface area contributed by atoms with Crippen LogP contribution in [-0.2, 0) is 22.1 Å². The predicted octanol–water partition coefficient (Wildman–Crippen LogP) is 3.45. The monoisotopic (exact) mass is 297 g/mol. The summed E-state index contributed by atoms with van der Waals surface area (Å²) in [5.74, 6) is -0.733. The molecule has 0 aliphatic carbocycles. The number of hydrogen-bond donors (Lipinski definition) is 0. The number of rotatable bonds is 4. The van der Waals surface area contributed by atoms with Gasteiger partial charge < -0.3 is 4.74 Å². The van der Waals surface area contributed by atoms with Crippen LogP contribution in [0.5, 0.6) is 0 Å². The van der Waals surface area contributed by atoms with Gasteiger partial charge in [0.1, 0.15) is 5.69 Å². The summed E-state index contributed by atoms with van der Waals surface area (Å²) in [6.07, 6.45) is -8.75. The number of halogens is 5. The quantitative estimate of drug-likeness (QED) is 0.631. The maximum atomic E-state index is 12.7. The van der Waals surface area contributed by atoms with Crippen LogP contribution in [0.3, 0.4) is 0 Å². The topological polar surface area (TPSA) is 39.2 Å². The van der Waals surface area contributed by atoms with Crippen LogP contribution in [0.15, 0.2) is 6.07 Å². The molecule has 3 nitrogen and oxygen atoms in total. The van der Waals surface area contributed by atoms with Crippen molar-refractivity contribution in [3.8, 4) is 0 Å². The first kappa shape index (κ1) is 16.3.